The second-order valence-electron chi connectivity index (χ2n) is 6.28. The summed E-state index contributed by atoms with van der Waals surface area (Å²) in [7, 11) is 0. The lowest BCUT2D eigenvalue weighted by atomic mass is 9.84. The van der Waals surface area contributed by atoms with Crippen LogP contribution >= 0.6 is 0 Å². The van der Waals surface area contributed by atoms with E-state index in [4.69, 9.17) is 4.74 Å². The SMILES string of the molecule is CC(=CCC1=C(C)C(=O)C(C)=C(C)C1=O)COc1ccccc1[N+](=O)[O-]. The van der Waals surface area contributed by atoms with Crippen LogP contribution in [0.25, 0.3) is 0 Å². The molecule has 6 heteroatoms. The van der Waals surface area contributed by atoms with Gasteiger partial charge in [-0.1, -0.05) is 18.2 Å². The molecule has 0 aromatic heterocycles. The van der Waals surface area contributed by atoms with Crippen molar-refractivity contribution in [1.29, 1.82) is 0 Å². The van der Waals surface area contributed by atoms with Gasteiger partial charge in [-0.15, -0.1) is 0 Å². The molecular formula is C20H21NO5. The van der Waals surface area contributed by atoms with Crippen molar-refractivity contribution in [2.75, 3.05) is 6.61 Å². The Morgan fingerprint density at radius 1 is 1.08 bits per heavy atom. The first-order chi connectivity index (χ1) is 12.2. The van der Waals surface area contributed by atoms with Crippen molar-refractivity contribution in [3.8, 4) is 5.75 Å². The zero-order valence-electron chi connectivity index (χ0n) is 15.3. The van der Waals surface area contributed by atoms with Crippen molar-refractivity contribution >= 4 is 17.3 Å². The van der Waals surface area contributed by atoms with Gasteiger partial charge in [-0.3, -0.25) is 19.7 Å². The summed E-state index contributed by atoms with van der Waals surface area (Å²) in [6, 6.07) is 6.16. The number of carbonyl (C=O) groups is 2. The molecule has 0 radical (unpaired) electrons. The van der Waals surface area contributed by atoms with Crippen molar-refractivity contribution in [1.82, 2.24) is 0 Å². The third kappa shape index (κ3) is 3.96. The van der Waals surface area contributed by atoms with Crippen LogP contribution in [0.3, 0.4) is 0 Å². The molecule has 0 amide bonds. The van der Waals surface area contributed by atoms with Crippen molar-refractivity contribution < 1.29 is 19.2 Å². The molecule has 26 heavy (non-hydrogen) atoms. The number of allylic oxidation sites excluding steroid dienone is 5. The van der Waals surface area contributed by atoms with Gasteiger partial charge < -0.3 is 4.74 Å². The molecule has 1 aliphatic rings. The molecule has 0 unspecified atom stereocenters. The molecule has 0 saturated carbocycles. The molecule has 0 N–H and O–H groups in total. The van der Waals surface area contributed by atoms with Gasteiger partial charge in [-0.25, -0.2) is 0 Å². The largest absolute Gasteiger partial charge is 0.482 e. The van der Waals surface area contributed by atoms with Crippen LogP contribution in [0.2, 0.25) is 0 Å². The highest BCUT2D eigenvalue weighted by Gasteiger charge is 2.26. The fourth-order valence-electron chi connectivity index (χ4n) is 2.66. The molecule has 0 atom stereocenters. The Bertz CT molecular complexity index is 874. The van der Waals surface area contributed by atoms with Crippen LogP contribution in [0.4, 0.5) is 5.69 Å². The predicted octanol–water partition coefficient (Wildman–Crippen LogP) is 4.11. The number of nitrogens with zero attached hydrogens (tertiary/aromatic N) is 1. The quantitative estimate of drug-likeness (QED) is 0.332. The number of nitro benzene ring substituents is 1. The molecule has 6 nitrogen and oxygen atoms in total. The number of ketones is 2. The number of hydrogen-bond donors (Lipinski definition) is 0. The van der Waals surface area contributed by atoms with E-state index in [9.17, 15) is 19.7 Å². The molecule has 1 aromatic rings. The lowest BCUT2D eigenvalue weighted by Gasteiger charge is -2.17. The Morgan fingerprint density at radius 2 is 1.69 bits per heavy atom. The van der Waals surface area contributed by atoms with Gasteiger partial charge in [0, 0.05) is 28.4 Å². The van der Waals surface area contributed by atoms with Crippen LogP contribution in [0, 0.1) is 10.1 Å². The molecule has 0 fully saturated rings. The Morgan fingerprint density at radius 3 is 2.35 bits per heavy atom. The van der Waals surface area contributed by atoms with Crippen LogP contribution in [-0.4, -0.2) is 23.1 Å². The van der Waals surface area contributed by atoms with E-state index >= 15 is 0 Å². The highest BCUT2D eigenvalue weighted by atomic mass is 16.6. The molecule has 136 valence electrons. The first kappa shape index (κ1) is 19.3. The average Bonchev–Trinajstić information content (AvgIpc) is 2.63. The summed E-state index contributed by atoms with van der Waals surface area (Å²) in [6.07, 6.45) is 2.14. The third-order valence-corrected chi connectivity index (χ3v) is 4.48. The van der Waals surface area contributed by atoms with E-state index in [1.54, 1.807) is 39.0 Å². The van der Waals surface area contributed by atoms with E-state index in [0.29, 0.717) is 28.7 Å². The highest BCUT2D eigenvalue weighted by Crippen LogP contribution is 2.28. The van der Waals surface area contributed by atoms with Crippen molar-refractivity contribution in [3.63, 3.8) is 0 Å². The summed E-state index contributed by atoms with van der Waals surface area (Å²) < 4.78 is 5.53. The zero-order chi connectivity index (χ0) is 19.4. The standard InChI is InChI=1S/C20H21NO5/c1-12(11-26-18-8-6-5-7-17(18)21(24)25)9-10-16-15(4)19(22)13(2)14(3)20(16)23/h5-9H,10-11H2,1-4H3. The first-order valence-corrected chi connectivity index (χ1v) is 8.22. The van der Waals surface area contributed by atoms with Crippen LogP contribution in [0.5, 0.6) is 5.75 Å². The second kappa shape index (κ2) is 7.91. The minimum absolute atomic E-state index is 0.0943. The molecule has 0 bridgehead atoms. The van der Waals surface area contributed by atoms with E-state index in [1.807, 2.05) is 13.0 Å². The summed E-state index contributed by atoms with van der Waals surface area (Å²) in [5, 5.41) is 11.0. The summed E-state index contributed by atoms with van der Waals surface area (Å²) in [5.41, 5.74) is 2.66. The fourth-order valence-corrected chi connectivity index (χ4v) is 2.66. The fraction of sp³-hybridized carbons (Fsp3) is 0.300. The Kier molecular flexibility index (Phi) is 5.87. The normalized spacial score (nSPS) is 15.6. The van der Waals surface area contributed by atoms with E-state index in [1.165, 1.54) is 6.07 Å². The van der Waals surface area contributed by atoms with E-state index in [2.05, 4.69) is 0 Å². The maximum absolute atomic E-state index is 12.4. The lowest BCUT2D eigenvalue weighted by molar-refractivity contribution is -0.385. The Balaban J connectivity index is 2.09. The molecular weight excluding hydrogens is 334 g/mol. The van der Waals surface area contributed by atoms with Gasteiger partial charge in [0.25, 0.3) is 0 Å². The number of benzene rings is 1. The Labute approximate surface area is 152 Å². The lowest BCUT2D eigenvalue weighted by Crippen LogP contribution is -2.20. The zero-order valence-corrected chi connectivity index (χ0v) is 15.3. The molecule has 0 spiro atoms. The van der Waals surface area contributed by atoms with Gasteiger partial charge in [0.1, 0.15) is 6.61 Å². The van der Waals surface area contributed by atoms with Crippen molar-refractivity contribution in [2.45, 2.75) is 34.1 Å². The molecule has 0 heterocycles. The minimum Gasteiger partial charge on any atom is -0.482 e. The number of Topliss-reactive ketones (excluding diaryl/α,β-unsaturated/α-hetero) is 2. The predicted molar refractivity (Wildman–Crippen MR) is 98.1 cm³/mol. The summed E-state index contributed by atoms with van der Waals surface area (Å²) in [4.78, 5) is 35.1. The van der Waals surface area contributed by atoms with Gasteiger partial charge in [-0.05, 0) is 45.8 Å². The third-order valence-electron chi connectivity index (χ3n) is 4.48. The highest BCUT2D eigenvalue weighted by molar-refractivity contribution is 6.24. The van der Waals surface area contributed by atoms with Crippen LogP contribution in [-0.2, 0) is 9.59 Å². The molecule has 2 rings (SSSR count). The molecule has 0 saturated heterocycles. The van der Waals surface area contributed by atoms with Crippen LogP contribution in [0.1, 0.15) is 34.1 Å². The maximum Gasteiger partial charge on any atom is 0.310 e. The first-order valence-electron chi connectivity index (χ1n) is 8.22. The monoisotopic (exact) mass is 355 g/mol. The number of rotatable bonds is 6. The summed E-state index contributed by atoms with van der Waals surface area (Å²) >= 11 is 0. The van der Waals surface area contributed by atoms with Gasteiger partial charge >= 0.3 is 5.69 Å². The number of carbonyl (C=O) groups excluding carboxylic acids is 2. The minimum atomic E-state index is -0.494. The average molecular weight is 355 g/mol. The number of para-hydroxylation sites is 2. The van der Waals surface area contributed by atoms with Gasteiger partial charge in [0.2, 0.25) is 0 Å². The van der Waals surface area contributed by atoms with E-state index in [-0.39, 0.29) is 29.6 Å². The van der Waals surface area contributed by atoms with Gasteiger partial charge in [0.15, 0.2) is 17.3 Å². The summed E-state index contributed by atoms with van der Waals surface area (Å²) in [5.74, 6) is -0.0125. The molecule has 0 aliphatic heterocycles. The molecule has 1 aliphatic carbocycles. The maximum atomic E-state index is 12.4. The topological polar surface area (TPSA) is 86.5 Å². The summed E-state index contributed by atoms with van der Waals surface area (Å²) in [6.45, 7) is 6.97. The van der Waals surface area contributed by atoms with Gasteiger partial charge in [-0.2, -0.15) is 0 Å². The molecule has 1 aromatic carbocycles. The van der Waals surface area contributed by atoms with Crippen LogP contribution in [0.15, 0.2) is 58.2 Å². The second-order valence-corrected chi connectivity index (χ2v) is 6.28. The number of ether oxygens (including phenoxy) is 1. The van der Waals surface area contributed by atoms with Crippen molar-refractivity contribution in [2.24, 2.45) is 0 Å². The number of nitro groups is 1. The van der Waals surface area contributed by atoms with Crippen LogP contribution < -0.4 is 4.74 Å². The Hall–Kier alpha value is -3.02. The van der Waals surface area contributed by atoms with Gasteiger partial charge in [0.05, 0.1) is 4.92 Å². The van der Waals surface area contributed by atoms with Crippen molar-refractivity contribution in [3.05, 3.63) is 68.3 Å². The number of hydrogen-bond acceptors (Lipinski definition) is 5. The van der Waals surface area contributed by atoms with E-state index < -0.39 is 4.92 Å². The smallest absolute Gasteiger partial charge is 0.310 e. The van der Waals surface area contributed by atoms with E-state index in [0.717, 1.165) is 5.57 Å².